The van der Waals surface area contributed by atoms with Crippen molar-refractivity contribution in [1.29, 1.82) is 5.26 Å². The Balaban J connectivity index is 1.77. The molecule has 0 unspecified atom stereocenters. The van der Waals surface area contributed by atoms with Crippen molar-refractivity contribution in [1.82, 2.24) is 10.6 Å². The fourth-order valence-corrected chi connectivity index (χ4v) is 4.43. The van der Waals surface area contributed by atoms with E-state index in [-0.39, 0.29) is 23.0 Å². The molecule has 1 aliphatic rings. The summed E-state index contributed by atoms with van der Waals surface area (Å²) < 4.78 is 0. The third-order valence-electron chi connectivity index (χ3n) is 4.14. The highest BCUT2D eigenvalue weighted by atomic mass is 32.2. The first kappa shape index (κ1) is 18.8. The zero-order chi connectivity index (χ0) is 17.8. The van der Waals surface area contributed by atoms with Gasteiger partial charge in [-0.25, -0.2) is 0 Å². The Morgan fingerprint density at radius 3 is 2.38 bits per heavy atom. The monoisotopic (exact) mass is 345 g/mol. The van der Waals surface area contributed by atoms with Gasteiger partial charge in [-0.3, -0.25) is 4.79 Å². The first-order valence-corrected chi connectivity index (χ1v) is 9.50. The number of benzene rings is 1. The molecule has 1 aromatic carbocycles. The lowest BCUT2D eigenvalue weighted by molar-refractivity contribution is -0.119. The van der Waals surface area contributed by atoms with E-state index in [1.807, 2.05) is 24.3 Å². The van der Waals surface area contributed by atoms with Crippen molar-refractivity contribution in [2.24, 2.45) is 0 Å². The number of nitrogens with one attached hydrogen (secondary N) is 2. The molecule has 1 heterocycles. The molecule has 130 valence electrons. The minimum Gasteiger partial charge on any atom is -0.353 e. The van der Waals surface area contributed by atoms with Crippen LogP contribution in [-0.2, 0) is 10.5 Å². The number of amides is 1. The van der Waals surface area contributed by atoms with Gasteiger partial charge in [-0.15, -0.1) is 11.8 Å². The van der Waals surface area contributed by atoms with Gasteiger partial charge in [0.25, 0.3) is 0 Å². The Morgan fingerprint density at radius 1 is 1.25 bits per heavy atom. The lowest BCUT2D eigenvalue weighted by atomic mass is 9.79. The number of piperidine rings is 1. The van der Waals surface area contributed by atoms with E-state index < -0.39 is 0 Å². The fraction of sp³-hybridized carbons (Fsp3) is 0.579. The molecular formula is C19H27N3OS. The molecule has 0 aliphatic carbocycles. The van der Waals surface area contributed by atoms with Crippen LogP contribution in [0.3, 0.4) is 0 Å². The summed E-state index contributed by atoms with van der Waals surface area (Å²) in [7, 11) is 0. The summed E-state index contributed by atoms with van der Waals surface area (Å²) in [6.07, 6.45) is 1.89. The Bertz CT molecular complexity index is 600. The van der Waals surface area contributed by atoms with Gasteiger partial charge in [0, 0.05) is 22.9 Å². The normalized spacial score (nSPS) is 19.5. The molecule has 0 spiro atoms. The van der Waals surface area contributed by atoms with E-state index in [4.69, 9.17) is 5.26 Å². The number of thioether (sulfide) groups is 1. The van der Waals surface area contributed by atoms with E-state index in [0.29, 0.717) is 11.3 Å². The van der Waals surface area contributed by atoms with Crippen molar-refractivity contribution < 1.29 is 4.79 Å². The van der Waals surface area contributed by atoms with E-state index >= 15 is 0 Å². The Labute approximate surface area is 149 Å². The quantitative estimate of drug-likeness (QED) is 0.860. The van der Waals surface area contributed by atoms with Crippen molar-refractivity contribution in [3.8, 4) is 6.07 Å². The second kappa shape index (κ2) is 7.58. The van der Waals surface area contributed by atoms with Crippen molar-refractivity contribution in [3.05, 3.63) is 35.4 Å². The molecule has 1 fully saturated rings. The van der Waals surface area contributed by atoms with Crippen molar-refractivity contribution in [2.45, 2.75) is 63.4 Å². The molecular weight excluding hydrogens is 318 g/mol. The van der Waals surface area contributed by atoms with Gasteiger partial charge in [0.05, 0.1) is 17.4 Å². The molecule has 0 radical (unpaired) electrons. The van der Waals surface area contributed by atoms with E-state index in [1.54, 1.807) is 11.8 Å². The summed E-state index contributed by atoms with van der Waals surface area (Å²) in [5.74, 6) is 1.35. The standard InChI is InChI=1S/C19H27N3OS/c1-18(2)9-16(10-19(3,4)22-18)21-17(23)13-24-12-15-7-5-14(11-20)6-8-15/h5-8,16,22H,9-10,12-13H2,1-4H3,(H,21,23). The smallest absolute Gasteiger partial charge is 0.230 e. The molecule has 2 N–H and O–H groups in total. The van der Waals surface area contributed by atoms with Crippen molar-refractivity contribution in [2.75, 3.05) is 5.75 Å². The molecule has 2 rings (SSSR count). The van der Waals surface area contributed by atoms with Crippen LogP contribution in [0.5, 0.6) is 0 Å². The molecule has 1 amide bonds. The second-order valence-corrected chi connectivity index (χ2v) is 8.85. The third-order valence-corrected chi connectivity index (χ3v) is 5.14. The number of nitrogens with zero attached hydrogens (tertiary/aromatic N) is 1. The summed E-state index contributed by atoms with van der Waals surface area (Å²) >= 11 is 1.61. The van der Waals surface area contributed by atoms with Crippen LogP contribution in [-0.4, -0.2) is 28.8 Å². The molecule has 0 atom stereocenters. The topological polar surface area (TPSA) is 64.9 Å². The predicted octanol–water partition coefficient (Wildman–Crippen LogP) is 3.22. The van der Waals surface area contributed by atoms with Gasteiger partial charge in [-0.05, 0) is 58.2 Å². The highest BCUT2D eigenvalue weighted by Crippen LogP contribution is 2.28. The first-order chi connectivity index (χ1) is 11.2. The SMILES string of the molecule is CC1(C)CC(NC(=O)CSCc2ccc(C#N)cc2)CC(C)(C)N1. The third kappa shape index (κ3) is 5.85. The van der Waals surface area contributed by atoms with E-state index in [2.05, 4.69) is 44.4 Å². The number of carbonyl (C=O) groups excluding carboxylic acids is 1. The number of hydrogen-bond donors (Lipinski definition) is 2. The summed E-state index contributed by atoms with van der Waals surface area (Å²) in [4.78, 5) is 12.2. The summed E-state index contributed by atoms with van der Waals surface area (Å²) in [5, 5.41) is 15.6. The number of rotatable bonds is 5. The minimum absolute atomic E-state index is 0.0370. The Kier molecular flexibility index (Phi) is 5.95. The van der Waals surface area contributed by atoms with Gasteiger partial charge < -0.3 is 10.6 Å². The average molecular weight is 346 g/mol. The van der Waals surface area contributed by atoms with Crippen LogP contribution in [0.15, 0.2) is 24.3 Å². The molecule has 24 heavy (non-hydrogen) atoms. The van der Waals surface area contributed by atoms with Gasteiger partial charge in [0.2, 0.25) is 5.91 Å². The van der Waals surface area contributed by atoms with Gasteiger partial charge >= 0.3 is 0 Å². The molecule has 0 bridgehead atoms. The van der Waals surface area contributed by atoms with E-state index in [9.17, 15) is 4.79 Å². The molecule has 0 aromatic heterocycles. The number of hydrogen-bond acceptors (Lipinski definition) is 4. The van der Waals surface area contributed by atoms with E-state index in [1.165, 1.54) is 0 Å². The van der Waals surface area contributed by atoms with Crippen LogP contribution < -0.4 is 10.6 Å². The molecule has 1 aromatic rings. The molecule has 4 nitrogen and oxygen atoms in total. The average Bonchev–Trinajstić information content (AvgIpc) is 2.44. The predicted molar refractivity (Wildman–Crippen MR) is 99.8 cm³/mol. The van der Waals surface area contributed by atoms with Crippen LogP contribution in [0.1, 0.15) is 51.7 Å². The number of nitriles is 1. The summed E-state index contributed by atoms with van der Waals surface area (Å²) in [5.41, 5.74) is 1.87. The molecule has 0 saturated carbocycles. The van der Waals surface area contributed by atoms with Crippen LogP contribution in [0.25, 0.3) is 0 Å². The van der Waals surface area contributed by atoms with Gasteiger partial charge in [-0.2, -0.15) is 5.26 Å². The van der Waals surface area contributed by atoms with Gasteiger partial charge in [-0.1, -0.05) is 12.1 Å². The fourth-order valence-electron chi connectivity index (χ4n) is 3.63. The molecule has 5 heteroatoms. The van der Waals surface area contributed by atoms with Crippen LogP contribution >= 0.6 is 11.8 Å². The maximum absolute atomic E-state index is 12.2. The maximum atomic E-state index is 12.2. The Morgan fingerprint density at radius 2 is 1.83 bits per heavy atom. The highest BCUT2D eigenvalue weighted by Gasteiger charge is 2.38. The van der Waals surface area contributed by atoms with Crippen LogP contribution in [0, 0.1) is 11.3 Å². The highest BCUT2D eigenvalue weighted by molar-refractivity contribution is 7.99. The lowest BCUT2D eigenvalue weighted by Crippen LogP contribution is -2.62. The zero-order valence-electron chi connectivity index (χ0n) is 15.0. The Hall–Kier alpha value is -1.51. The summed E-state index contributed by atoms with van der Waals surface area (Å²) in [6.45, 7) is 8.75. The second-order valence-electron chi connectivity index (χ2n) is 7.87. The lowest BCUT2D eigenvalue weighted by Gasteiger charge is -2.46. The van der Waals surface area contributed by atoms with Crippen molar-refractivity contribution in [3.63, 3.8) is 0 Å². The summed E-state index contributed by atoms with van der Waals surface area (Å²) in [6, 6.07) is 9.85. The molecule has 1 aliphatic heterocycles. The minimum atomic E-state index is 0.0370. The zero-order valence-corrected chi connectivity index (χ0v) is 15.8. The van der Waals surface area contributed by atoms with Crippen LogP contribution in [0.2, 0.25) is 0 Å². The maximum Gasteiger partial charge on any atom is 0.230 e. The van der Waals surface area contributed by atoms with Gasteiger partial charge in [0.15, 0.2) is 0 Å². The van der Waals surface area contributed by atoms with E-state index in [0.717, 1.165) is 24.2 Å². The largest absolute Gasteiger partial charge is 0.353 e. The van der Waals surface area contributed by atoms with Crippen molar-refractivity contribution >= 4 is 17.7 Å². The first-order valence-electron chi connectivity index (χ1n) is 8.35. The van der Waals surface area contributed by atoms with Crippen LogP contribution in [0.4, 0.5) is 0 Å². The van der Waals surface area contributed by atoms with Gasteiger partial charge in [0.1, 0.15) is 0 Å². The molecule has 1 saturated heterocycles. The number of carbonyl (C=O) groups is 1.